The first-order valence-electron chi connectivity index (χ1n) is 7.25. The first-order chi connectivity index (χ1) is 9.21. The molecule has 0 aromatic heterocycles. The van der Waals surface area contributed by atoms with Gasteiger partial charge in [-0.3, -0.25) is 4.90 Å². The molecule has 2 saturated heterocycles. The molecule has 0 spiro atoms. The fourth-order valence-electron chi connectivity index (χ4n) is 3.96. The number of ether oxygens (including phenoxy) is 1. The van der Waals surface area contributed by atoms with Crippen LogP contribution in [0.2, 0.25) is 0 Å². The lowest BCUT2D eigenvalue weighted by molar-refractivity contribution is 0.151. The summed E-state index contributed by atoms with van der Waals surface area (Å²) >= 11 is 0. The van der Waals surface area contributed by atoms with Gasteiger partial charge in [0.15, 0.2) is 0 Å². The average Bonchev–Trinajstić information content (AvgIpc) is 2.81. The largest absolute Gasteiger partial charge is 0.447 e. The first kappa shape index (κ1) is 11.5. The van der Waals surface area contributed by atoms with Crippen LogP contribution in [0.15, 0.2) is 23.8 Å². The van der Waals surface area contributed by atoms with Crippen molar-refractivity contribution in [1.29, 1.82) is 0 Å². The van der Waals surface area contributed by atoms with Crippen LogP contribution in [0, 0.1) is 11.3 Å². The van der Waals surface area contributed by atoms with Crippen LogP contribution in [-0.4, -0.2) is 42.8 Å². The SMILES string of the molecule is CC1COC(=O)N1C1C=CC(C23CNCC2C3)=CC1. The second-order valence-corrected chi connectivity index (χ2v) is 6.34. The number of fused-ring (bicyclic) bond motifs is 1. The lowest BCUT2D eigenvalue weighted by Crippen LogP contribution is -2.40. The van der Waals surface area contributed by atoms with Crippen molar-refractivity contribution in [3.05, 3.63) is 23.8 Å². The molecule has 102 valence electrons. The molecule has 4 rings (SSSR count). The van der Waals surface area contributed by atoms with Gasteiger partial charge in [-0.1, -0.05) is 18.2 Å². The molecule has 4 atom stereocenters. The van der Waals surface area contributed by atoms with Gasteiger partial charge in [0, 0.05) is 12.0 Å². The maximum absolute atomic E-state index is 11.7. The van der Waals surface area contributed by atoms with Crippen molar-refractivity contribution >= 4 is 6.09 Å². The smallest absolute Gasteiger partial charge is 0.410 e. The van der Waals surface area contributed by atoms with E-state index in [1.54, 1.807) is 0 Å². The van der Waals surface area contributed by atoms with Gasteiger partial charge in [0.2, 0.25) is 0 Å². The third-order valence-electron chi connectivity index (χ3n) is 5.21. The number of piperidine rings is 1. The molecule has 0 aromatic carbocycles. The zero-order valence-corrected chi connectivity index (χ0v) is 11.3. The van der Waals surface area contributed by atoms with Crippen LogP contribution in [0.4, 0.5) is 4.79 Å². The van der Waals surface area contributed by atoms with Crippen LogP contribution in [0.25, 0.3) is 0 Å². The van der Waals surface area contributed by atoms with Gasteiger partial charge < -0.3 is 10.1 Å². The van der Waals surface area contributed by atoms with Crippen molar-refractivity contribution in [3.8, 4) is 0 Å². The van der Waals surface area contributed by atoms with Crippen molar-refractivity contribution in [2.24, 2.45) is 11.3 Å². The zero-order chi connectivity index (χ0) is 13.0. The van der Waals surface area contributed by atoms with Gasteiger partial charge >= 0.3 is 6.09 Å². The number of rotatable bonds is 2. The highest BCUT2D eigenvalue weighted by atomic mass is 16.6. The highest BCUT2D eigenvalue weighted by Gasteiger charge is 2.58. The standard InChI is InChI=1S/C15H20N2O2/c1-10-8-19-14(18)17(10)13-4-2-11(3-5-13)15-6-12(15)7-16-9-15/h2-4,10,12-13,16H,5-9H2,1H3. The number of carbonyl (C=O) groups is 1. The second kappa shape index (κ2) is 3.85. The zero-order valence-electron chi connectivity index (χ0n) is 11.3. The van der Waals surface area contributed by atoms with E-state index in [9.17, 15) is 4.79 Å². The Hall–Kier alpha value is -1.29. The molecule has 19 heavy (non-hydrogen) atoms. The van der Waals surface area contributed by atoms with E-state index in [2.05, 4.69) is 30.5 Å². The number of cyclic esters (lactones) is 1. The van der Waals surface area contributed by atoms with Crippen LogP contribution in [-0.2, 0) is 4.74 Å². The molecule has 0 aromatic rings. The molecule has 4 aliphatic rings. The molecule has 1 amide bonds. The normalized spacial score (nSPS) is 44.1. The summed E-state index contributed by atoms with van der Waals surface area (Å²) in [6, 6.07) is 0.369. The molecule has 4 nitrogen and oxygen atoms in total. The predicted molar refractivity (Wildman–Crippen MR) is 71.7 cm³/mol. The minimum Gasteiger partial charge on any atom is -0.447 e. The molecule has 1 saturated carbocycles. The van der Waals surface area contributed by atoms with Gasteiger partial charge in [-0.25, -0.2) is 4.79 Å². The summed E-state index contributed by atoms with van der Waals surface area (Å²) in [4.78, 5) is 13.6. The molecule has 2 heterocycles. The number of amides is 1. The number of carbonyl (C=O) groups excluding carboxylic acids is 1. The van der Waals surface area contributed by atoms with E-state index in [1.807, 2.05) is 4.90 Å². The molecule has 2 aliphatic heterocycles. The van der Waals surface area contributed by atoms with Gasteiger partial charge in [0.05, 0.1) is 12.1 Å². The monoisotopic (exact) mass is 260 g/mol. The summed E-state index contributed by atoms with van der Waals surface area (Å²) in [5, 5.41) is 3.48. The Kier molecular flexibility index (Phi) is 2.34. The van der Waals surface area contributed by atoms with Gasteiger partial charge in [-0.05, 0) is 37.8 Å². The van der Waals surface area contributed by atoms with E-state index >= 15 is 0 Å². The molecule has 0 radical (unpaired) electrons. The van der Waals surface area contributed by atoms with Gasteiger partial charge in [-0.15, -0.1) is 0 Å². The van der Waals surface area contributed by atoms with Crippen molar-refractivity contribution in [2.75, 3.05) is 19.7 Å². The van der Waals surface area contributed by atoms with Gasteiger partial charge in [0.25, 0.3) is 0 Å². The number of hydrogen-bond donors (Lipinski definition) is 1. The Bertz CT molecular complexity index is 485. The van der Waals surface area contributed by atoms with Crippen LogP contribution >= 0.6 is 0 Å². The van der Waals surface area contributed by atoms with E-state index < -0.39 is 0 Å². The highest BCUT2D eigenvalue weighted by Crippen LogP contribution is 2.60. The minimum atomic E-state index is -0.163. The molecule has 3 fully saturated rings. The summed E-state index contributed by atoms with van der Waals surface area (Å²) in [5.41, 5.74) is 1.91. The Morgan fingerprint density at radius 3 is 2.95 bits per heavy atom. The quantitative estimate of drug-likeness (QED) is 0.821. The third kappa shape index (κ3) is 1.59. The van der Waals surface area contributed by atoms with E-state index in [4.69, 9.17) is 4.74 Å². The minimum absolute atomic E-state index is 0.163. The molecule has 0 bridgehead atoms. The lowest BCUT2D eigenvalue weighted by Gasteiger charge is -2.29. The summed E-state index contributed by atoms with van der Waals surface area (Å²) in [6.45, 7) is 4.87. The van der Waals surface area contributed by atoms with Crippen molar-refractivity contribution in [1.82, 2.24) is 10.2 Å². The lowest BCUT2D eigenvalue weighted by atomic mass is 9.88. The van der Waals surface area contributed by atoms with Gasteiger partial charge in [0.1, 0.15) is 6.61 Å². The van der Waals surface area contributed by atoms with E-state index in [-0.39, 0.29) is 18.2 Å². The third-order valence-corrected chi connectivity index (χ3v) is 5.21. The first-order valence-corrected chi connectivity index (χ1v) is 7.25. The van der Waals surface area contributed by atoms with Crippen LogP contribution in [0.5, 0.6) is 0 Å². The summed E-state index contributed by atoms with van der Waals surface area (Å²) in [5.74, 6) is 0.843. The molecule has 2 aliphatic carbocycles. The summed E-state index contributed by atoms with van der Waals surface area (Å²) in [6.07, 6.45) is 8.89. The van der Waals surface area contributed by atoms with Gasteiger partial charge in [-0.2, -0.15) is 0 Å². The predicted octanol–water partition coefficient (Wildman–Crippen LogP) is 1.69. The maximum Gasteiger partial charge on any atom is 0.410 e. The van der Waals surface area contributed by atoms with Crippen molar-refractivity contribution in [2.45, 2.75) is 31.8 Å². The fourth-order valence-corrected chi connectivity index (χ4v) is 3.96. The highest BCUT2D eigenvalue weighted by molar-refractivity contribution is 5.71. The average molecular weight is 260 g/mol. The van der Waals surface area contributed by atoms with E-state index in [0.29, 0.717) is 12.0 Å². The van der Waals surface area contributed by atoms with Crippen molar-refractivity contribution < 1.29 is 9.53 Å². The molecular weight excluding hydrogens is 240 g/mol. The fraction of sp³-hybridized carbons (Fsp3) is 0.667. The Balaban J connectivity index is 1.49. The Labute approximate surface area is 113 Å². The molecule has 4 heteroatoms. The molecule has 1 N–H and O–H groups in total. The summed E-state index contributed by atoms with van der Waals surface area (Å²) in [7, 11) is 0. The Morgan fingerprint density at radius 2 is 2.42 bits per heavy atom. The maximum atomic E-state index is 11.7. The van der Waals surface area contributed by atoms with Crippen LogP contribution < -0.4 is 5.32 Å². The topological polar surface area (TPSA) is 41.6 Å². The number of nitrogens with one attached hydrogen (secondary N) is 1. The molecular formula is C15H20N2O2. The Morgan fingerprint density at radius 1 is 1.53 bits per heavy atom. The number of hydrogen-bond acceptors (Lipinski definition) is 3. The number of allylic oxidation sites excluding steroid dienone is 1. The van der Waals surface area contributed by atoms with E-state index in [0.717, 1.165) is 18.9 Å². The second-order valence-electron chi connectivity index (χ2n) is 6.34. The molecule has 4 unspecified atom stereocenters. The summed E-state index contributed by atoms with van der Waals surface area (Å²) < 4.78 is 5.11. The van der Waals surface area contributed by atoms with E-state index in [1.165, 1.54) is 18.5 Å². The van der Waals surface area contributed by atoms with Crippen LogP contribution in [0.3, 0.4) is 0 Å². The van der Waals surface area contributed by atoms with Crippen LogP contribution in [0.1, 0.15) is 19.8 Å². The number of nitrogens with zero attached hydrogens (tertiary/aromatic N) is 1. The van der Waals surface area contributed by atoms with Crippen molar-refractivity contribution in [3.63, 3.8) is 0 Å².